The zero-order chi connectivity index (χ0) is 25.7. The van der Waals surface area contributed by atoms with E-state index in [1.807, 2.05) is 12.1 Å². The van der Waals surface area contributed by atoms with Gasteiger partial charge < -0.3 is 15.8 Å². The Hall–Kier alpha value is -5.03. The second-order valence-electron chi connectivity index (χ2n) is 7.77. The lowest BCUT2D eigenvalue weighted by molar-refractivity contribution is -0.141. The van der Waals surface area contributed by atoms with Crippen LogP contribution in [-0.4, -0.2) is 39.4 Å². The molecule has 2 aromatic heterocycles. The lowest BCUT2D eigenvalue weighted by Crippen LogP contribution is -2.18. The van der Waals surface area contributed by atoms with Crippen molar-refractivity contribution in [3.05, 3.63) is 71.3 Å². The van der Waals surface area contributed by atoms with Gasteiger partial charge in [-0.15, -0.1) is 0 Å². The number of nitriles is 2. The molecular formula is C25H21FN8O2. The highest BCUT2D eigenvalue weighted by Gasteiger charge is 2.27. The van der Waals surface area contributed by atoms with E-state index in [9.17, 15) is 19.7 Å². The molecule has 2 aromatic carbocycles. The zero-order valence-electron chi connectivity index (χ0n) is 19.3. The van der Waals surface area contributed by atoms with Gasteiger partial charge in [-0.1, -0.05) is 12.1 Å². The third kappa shape index (κ3) is 4.76. The van der Waals surface area contributed by atoms with Crippen molar-refractivity contribution in [2.24, 2.45) is 0 Å². The number of methoxy groups -OCH3 is 1. The van der Waals surface area contributed by atoms with Gasteiger partial charge in [-0.2, -0.15) is 15.6 Å². The second-order valence-corrected chi connectivity index (χ2v) is 7.77. The first-order chi connectivity index (χ1) is 17.5. The Balaban J connectivity index is 1.54. The number of nitrogens with two attached hydrogens (primary N) is 1. The van der Waals surface area contributed by atoms with Gasteiger partial charge in [0, 0.05) is 6.54 Å². The summed E-state index contributed by atoms with van der Waals surface area (Å²) >= 11 is 0. The Morgan fingerprint density at radius 2 is 1.86 bits per heavy atom. The quantitative estimate of drug-likeness (QED) is 0.283. The average molecular weight is 484 g/mol. The van der Waals surface area contributed by atoms with Crippen LogP contribution in [0.5, 0.6) is 0 Å². The van der Waals surface area contributed by atoms with Crippen LogP contribution >= 0.6 is 0 Å². The van der Waals surface area contributed by atoms with Crippen molar-refractivity contribution in [1.82, 2.24) is 19.7 Å². The maximum Gasteiger partial charge on any atom is 0.329 e. The highest BCUT2D eigenvalue weighted by Crippen LogP contribution is 2.26. The maximum atomic E-state index is 13.3. The number of aryl methyl sites for hydroxylation is 1. The van der Waals surface area contributed by atoms with Crippen LogP contribution in [0.25, 0.3) is 16.7 Å². The highest BCUT2D eigenvalue weighted by molar-refractivity contribution is 5.84. The normalized spacial score (nSPS) is 11.4. The van der Waals surface area contributed by atoms with Gasteiger partial charge in [0.05, 0.1) is 35.6 Å². The largest absolute Gasteiger partial charge is 0.468 e. The molecule has 0 radical (unpaired) electrons. The number of nitrogens with zero attached hydrogens (tertiary/aromatic N) is 6. The lowest BCUT2D eigenvalue weighted by Gasteiger charge is -2.14. The maximum absolute atomic E-state index is 13.3. The molecule has 1 atom stereocenters. The van der Waals surface area contributed by atoms with E-state index in [4.69, 9.17) is 10.5 Å². The molecule has 11 heteroatoms. The summed E-state index contributed by atoms with van der Waals surface area (Å²) in [6.07, 6.45) is 0.932. The molecule has 4 aromatic rings. The SMILES string of the molecule is COC(=O)[C@H](C#N)c1nc2ccccc2nc1NCCCc1nn(-c2ccc(F)cc2)c(N)c1C#N. The summed E-state index contributed by atoms with van der Waals surface area (Å²) in [5, 5.41) is 26.7. The number of aromatic nitrogens is 4. The number of carbonyl (C=O) groups excluding carboxylic acids is 1. The van der Waals surface area contributed by atoms with Crippen LogP contribution in [-0.2, 0) is 16.0 Å². The molecule has 0 fully saturated rings. The van der Waals surface area contributed by atoms with Gasteiger partial charge in [-0.25, -0.2) is 19.0 Å². The van der Waals surface area contributed by atoms with Crippen LogP contribution in [0, 0.1) is 28.5 Å². The van der Waals surface area contributed by atoms with Crippen LogP contribution in [0.3, 0.4) is 0 Å². The van der Waals surface area contributed by atoms with Gasteiger partial charge in [-0.05, 0) is 49.2 Å². The van der Waals surface area contributed by atoms with E-state index in [-0.39, 0.29) is 17.1 Å². The lowest BCUT2D eigenvalue weighted by atomic mass is 10.1. The number of carbonyl (C=O) groups is 1. The smallest absolute Gasteiger partial charge is 0.329 e. The number of hydrogen-bond acceptors (Lipinski definition) is 9. The van der Waals surface area contributed by atoms with E-state index >= 15 is 0 Å². The summed E-state index contributed by atoms with van der Waals surface area (Å²) in [5.41, 5.74) is 8.72. The summed E-state index contributed by atoms with van der Waals surface area (Å²) in [7, 11) is 1.21. The molecule has 0 aliphatic heterocycles. The number of para-hydroxylation sites is 2. The number of hydrogen-bond donors (Lipinski definition) is 2. The van der Waals surface area contributed by atoms with Crippen molar-refractivity contribution in [3.8, 4) is 17.8 Å². The molecule has 0 unspecified atom stereocenters. The van der Waals surface area contributed by atoms with Gasteiger partial charge in [0.1, 0.15) is 29.0 Å². The van der Waals surface area contributed by atoms with Crippen LogP contribution in [0.15, 0.2) is 48.5 Å². The number of esters is 1. The van der Waals surface area contributed by atoms with Gasteiger partial charge in [-0.3, -0.25) is 4.79 Å². The summed E-state index contributed by atoms with van der Waals surface area (Å²) in [6.45, 7) is 0.382. The highest BCUT2D eigenvalue weighted by atomic mass is 19.1. The fourth-order valence-electron chi connectivity index (χ4n) is 3.71. The second kappa shape index (κ2) is 10.5. The molecule has 0 bridgehead atoms. The Morgan fingerprint density at radius 3 is 2.50 bits per heavy atom. The number of nitrogens with one attached hydrogen (secondary N) is 1. The molecule has 0 aliphatic carbocycles. The number of nitrogen functional groups attached to an aromatic ring is 1. The molecule has 0 saturated carbocycles. The Morgan fingerprint density at radius 1 is 1.17 bits per heavy atom. The number of benzene rings is 2. The summed E-state index contributed by atoms with van der Waals surface area (Å²) in [6, 6.07) is 16.8. The molecule has 4 rings (SSSR count). The molecule has 0 saturated heterocycles. The van der Waals surface area contributed by atoms with Crippen molar-refractivity contribution >= 4 is 28.6 Å². The van der Waals surface area contributed by atoms with E-state index in [1.165, 1.54) is 36.1 Å². The van der Waals surface area contributed by atoms with Gasteiger partial charge in [0.15, 0.2) is 11.7 Å². The summed E-state index contributed by atoms with van der Waals surface area (Å²) in [4.78, 5) is 21.2. The van der Waals surface area contributed by atoms with E-state index < -0.39 is 17.7 Å². The predicted molar refractivity (Wildman–Crippen MR) is 129 cm³/mol. The monoisotopic (exact) mass is 484 g/mol. The molecule has 0 amide bonds. The van der Waals surface area contributed by atoms with E-state index in [1.54, 1.807) is 18.2 Å². The first-order valence-electron chi connectivity index (χ1n) is 11.0. The van der Waals surface area contributed by atoms with E-state index in [2.05, 4.69) is 26.5 Å². The van der Waals surface area contributed by atoms with Gasteiger partial charge in [0.25, 0.3) is 0 Å². The number of rotatable bonds is 8. The number of fused-ring (bicyclic) bond motifs is 1. The van der Waals surface area contributed by atoms with Gasteiger partial charge >= 0.3 is 5.97 Å². The van der Waals surface area contributed by atoms with Crippen molar-refractivity contribution in [2.75, 3.05) is 24.7 Å². The number of anilines is 2. The molecular weight excluding hydrogens is 463 g/mol. The number of ether oxygens (including phenoxy) is 1. The molecule has 0 aliphatic rings. The standard InChI is InChI=1S/C25H21FN8O2/c1-36-25(35)18(14-28)22-24(32-21-6-3-2-5-20(21)31-22)30-12-4-7-19-17(13-27)23(29)34(33-19)16-10-8-15(26)9-11-16/h2-3,5-6,8-11,18H,4,7,12,29H2,1H3,(H,30,32)/t18-/m1/s1. The van der Waals surface area contributed by atoms with Crippen LogP contribution < -0.4 is 11.1 Å². The van der Waals surface area contributed by atoms with Crippen molar-refractivity contribution in [1.29, 1.82) is 10.5 Å². The first-order valence-corrected chi connectivity index (χ1v) is 11.0. The van der Waals surface area contributed by atoms with E-state index in [0.717, 1.165) is 0 Å². The summed E-state index contributed by atoms with van der Waals surface area (Å²) < 4.78 is 19.4. The average Bonchev–Trinajstić information content (AvgIpc) is 3.22. The molecule has 180 valence electrons. The van der Waals surface area contributed by atoms with E-state index in [0.29, 0.717) is 47.6 Å². The zero-order valence-corrected chi connectivity index (χ0v) is 19.3. The molecule has 36 heavy (non-hydrogen) atoms. The predicted octanol–water partition coefficient (Wildman–Crippen LogP) is 3.23. The Bertz CT molecular complexity index is 1500. The first kappa shape index (κ1) is 24.1. The fourth-order valence-corrected chi connectivity index (χ4v) is 3.71. The summed E-state index contributed by atoms with van der Waals surface area (Å²) in [5.74, 6) is -1.90. The Kier molecular flexibility index (Phi) is 7.02. The van der Waals surface area contributed by atoms with Crippen LogP contribution in [0.2, 0.25) is 0 Å². The molecule has 10 nitrogen and oxygen atoms in total. The molecule has 2 heterocycles. The van der Waals surface area contributed by atoms with Crippen LogP contribution in [0.4, 0.5) is 16.0 Å². The van der Waals surface area contributed by atoms with Crippen molar-refractivity contribution in [2.45, 2.75) is 18.8 Å². The Labute approximate surface area is 205 Å². The fraction of sp³-hybridized carbons (Fsp3) is 0.200. The molecule has 0 spiro atoms. The van der Waals surface area contributed by atoms with Crippen LogP contribution in [0.1, 0.15) is 29.3 Å². The minimum absolute atomic E-state index is 0.171. The number of halogens is 1. The van der Waals surface area contributed by atoms with Gasteiger partial charge in [0.2, 0.25) is 0 Å². The third-order valence-electron chi connectivity index (χ3n) is 5.50. The minimum atomic E-state index is -1.24. The van der Waals surface area contributed by atoms with Crippen molar-refractivity contribution in [3.63, 3.8) is 0 Å². The van der Waals surface area contributed by atoms with Crippen molar-refractivity contribution < 1.29 is 13.9 Å². The third-order valence-corrected chi connectivity index (χ3v) is 5.50. The molecule has 3 N–H and O–H groups in total. The topological polar surface area (TPSA) is 156 Å². The minimum Gasteiger partial charge on any atom is -0.468 e.